The topological polar surface area (TPSA) is 116 Å². The van der Waals surface area contributed by atoms with Crippen LogP contribution in [0.15, 0.2) is 0 Å². The molecule has 0 spiro atoms. The predicted molar refractivity (Wildman–Crippen MR) is 43.8 cm³/mol. The molecule has 1 heterocycles. The van der Waals surface area contributed by atoms with Crippen molar-refractivity contribution in [3.8, 4) is 0 Å². The highest BCUT2D eigenvalue weighted by Gasteiger charge is 2.30. The number of hydrogen-bond acceptors (Lipinski definition) is 4. The maximum absolute atomic E-state index is 10.8. The van der Waals surface area contributed by atoms with Gasteiger partial charge in [-0.05, 0) is 6.42 Å². The van der Waals surface area contributed by atoms with Crippen molar-refractivity contribution in [1.29, 1.82) is 0 Å². The SMILES string of the molecule is NC(=O)O[C@H]1CCN(S(N)(=O)=O)C1. The molecule has 1 atom stereocenters. The third-order valence-corrected chi connectivity index (χ3v) is 2.80. The zero-order valence-electron chi connectivity index (χ0n) is 6.84. The molecule has 0 aromatic rings. The second-order valence-electron chi connectivity index (χ2n) is 2.75. The van der Waals surface area contributed by atoms with Gasteiger partial charge in [-0.25, -0.2) is 9.93 Å². The highest BCUT2D eigenvalue weighted by Crippen LogP contribution is 2.13. The summed E-state index contributed by atoms with van der Waals surface area (Å²) in [6.07, 6.45) is -0.948. The highest BCUT2D eigenvalue weighted by molar-refractivity contribution is 7.86. The van der Waals surface area contributed by atoms with Gasteiger partial charge in [0.05, 0.1) is 6.54 Å². The normalized spacial score (nSPS) is 24.5. The van der Waals surface area contributed by atoms with Crippen LogP contribution < -0.4 is 10.9 Å². The highest BCUT2D eigenvalue weighted by atomic mass is 32.2. The Morgan fingerprint density at radius 3 is 2.54 bits per heavy atom. The van der Waals surface area contributed by atoms with Crippen LogP contribution in [0, 0.1) is 0 Å². The Balaban J connectivity index is 2.50. The van der Waals surface area contributed by atoms with E-state index in [0.29, 0.717) is 6.42 Å². The number of hydrogen-bond donors (Lipinski definition) is 2. The summed E-state index contributed by atoms with van der Waals surface area (Å²) in [5.41, 5.74) is 4.77. The van der Waals surface area contributed by atoms with Crippen molar-refractivity contribution < 1.29 is 17.9 Å². The largest absolute Gasteiger partial charge is 0.445 e. The minimum atomic E-state index is -3.67. The number of nitrogens with zero attached hydrogens (tertiary/aromatic N) is 1. The lowest BCUT2D eigenvalue weighted by Crippen LogP contribution is -2.36. The maximum Gasteiger partial charge on any atom is 0.404 e. The van der Waals surface area contributed by atoms with Gasteiger partial charge >= 0.3 is 6.09 Å². The van der Waals surface area contributed by atoms with E-state index in [0.717, 1.165) is 4.31 Å². The first-order valence-electron chi connectivity index (χ1n) is 3.63. The van der Waals surface area contributed by atoms with E-state index in [2.05, 4.69) is 4.74 Å². The number of nitrogens with two attached hydrogens (primary N) is 2. The van der Waals surface area contributed by atoms with Crippen molar-refractivity contribution in [2.75, 3.05) is 13.1 Å². The molecule has 0 aromatic carbocycles. The predicted octanol–water partition coefficient (Wildman–Crippen LogP) is -1.64. The molecule has 1 aliphatic heterocycles. The van der Waals surface area contributed by atoms with Gasteiger partial charge in [0.1, 0.15) is 6.10 Å². The smallest absolute Gasteiger partial charge is 0.404 e. The van der Waals surface area contributed by atoms with E-state index in [-0.39, 0.29) is 13.1 Å². The molecular formula is C5H11N3O4S. The van der Waals surface area contributed by atoms with Gasteiger partial charge in [0.2, 0.25) is 0 Å². The fourth-order valence-corrected chi connectivity index (χ4v) is 1.92. The Morgan fingerprint density at radius 1 is 1.54 bits per heavy atom. The van der Waals surface area contributed by atoms with Gasteiger partial charge in [0.15, 0.2) is 0 Å². The van der Waals surface area contributed by atoms with Crippen LogP contribution in [-0.2, 0) is 14.9 Å². The van der Waals surface area contributed by atoms with Crippen LogP contribution in [0.1, 0.15) is 6.42 Å². The molecule has 76 valence electrons. The molecule has 0 saturated carbocycles. The summed E-state index contributed by atoms with van der Waals surface area (Å²) >= 11 is 0. The van der Waals surface area contributed by atoms with Crippen molar-refractivity contribution in [2.24, 2.45) is 10.9 Å². The number of rotatable bonds is 2. The average Bonchev–Trinajstić information content (AvgIpc) is 2.32. The molecule has 0 aliphatic carbocycles. The molecule has 7 nitrogen and oxygen atoms in total. The monoisotopic (exact) mass is 209 g/mol. The van der Waals surface area contributed by atoms with Gasteiger partial charge in [0, 0.05) is 6.54 Å². The number of ether oxygens (including phenoxy) is 1. The zero-order chi connectivity index (χ0) is 10.1. The average molecular weight is 209 g/mol. The first-order valence-corrected chi connectivity index (χ1v) is 5.14. The van der Waals surface area contributed by atoms with E-state index < -0.39 is 22.4 Å². The van der Waals surface area contributed by atoms with Gasteiger partial charge in [0.25, 0.3) is 10.2 Å². The van der Waals surface area contributed by atoms with E-state index in [9.17, 15) is 13.2 Å². The quantitative estimate of drug-likeness (QED) is 0.567. The molecule has 1 amide bonds. The molecule has 13 heavy (non-hydrogen) atoms. The minimum absolute atomic E-state index is 0.0851. The van der Waals surface area contributed by atoms with E-state index >= 15 is 0 Å². The van der Waals surface area contributed by atoms with Gasteiger partial charge in [-0.1, -0.05) is 0 Å². The Kier molecular flexibility index (Phi) is 2.74. The first-order chi connectivity index (χ1) is 5.89. The van der Waals surface area contributed by atoms with Crippen LogP contribution >= 0.6 is 0 Å². The number of carbonyl (C=O) groups excluding carboxylic acids is 1. The van der Waals surface area contributed by atoms with Crippen molar-refractivity contribution in [3.05, 3.63) is 0 Å². The van der Waals surface area contributed by atoms with Crippen LogP contribution in [0.5, 0.6) is 0 Å². The number of amides is 1. The van der Waals surface area contributed by atoms with E-state index in [1.165, 1.54) is 0 Å². The summed E-state index contributed by atoms with van der Waals surface area (Å²) in [4.78, 5) is 10.3. The van der Waals surface area contributed by atoms with Gasteiger partial charge in [-0.2, -0.15) is 12.7 Å². The second-order valence-corrected chi connectivity index (χ2v) is 4.30. The van der Waals surface area contributed by atoms with Crippen LogP contribution in [0.3, 0.4) is 0 Å². The molecule has 4 N–H and O–H groups in total. The van der Waals surface area contributed by atoms with E-state index in [4.69, 9.17) is 10.9 Å². The lowest BCUT2D eigenvalue weighted by atomic mass is 10.3. The second kappa shape index (κ2) is 3.48. The molecular weight excluding hydrogens is 198 g/mol. The zero-order valence-corrected chi connectivity index (χ0v) is 7.66. The fraction of sp³-hybridized carbons (Fsp3) is 0.800. The van der Waals surface area contributed by atoms with Gasteiger partial charge < -0.3 is 10.5 Å². The standard InChI is InChI=1S/C5H11N3O4S/c6-5(9)12-4-1-2-8(3-4)13(7,10)11/h4H,1-3H2,(H2,6,9)(H2,7,10,11)/t4-/m0/s1. The lowest BCUT2D eigenvalue weighted by molar-refractivity contribution is 0.114. The Morgan fingerprint density at radius 2 is 2.15 bits per heavy atom. The summed E-state index contributed by atoms with van der Waals surface area (Å²) in [7, 11) is -3.67. The summed E-state index contributed by atoms with van der Waals surface area (Å²) in [6.45, 7) is 0.346. The van der Waals surface area contributed by atoms with Crippen LogP contribution in [0.4, 0.5) is 4.79 Å². The molecule has 1 fully saturated rings. The Labute approximate surface area is 75.8 Å². The molecule has 8 heteroatoms. The van der Waals surface area contributed by atoms with Crippen molar-refractivity contribution in [2.45, 2.75) is 12.5 Å². The summed E-state index contributed by atoms with van der Waals surface area (Å²) < 4.78 is 27.2. The van der Waals surface area contributed by atoms with Crippen molar-refractivity contribution in [1.82, 2.24) is 4.31 Å². The first kappa shape index (κ1) is 10.2. The molecule has 0 unspecified atom stereocenters. The van der Waals surface area contributed by atoms with Crippen LogP contribution in [0.2, 0.25) is 0 Å². The molecule has 1 rings (SSSR count). The lowest BCUT2D eigenvalue weighted by Gasteiger charge is -2.12. The van der Waals surface area contributed by atoms with Gasteiger partial charge in [-0.15, -0.1) is 0 Å². The summed E-state index contributed by atoms with van der Waals surface area (Å²) in [6, 6.07) is 0. The molecule has 0 aromatic heterocycles. The van der Waals surface area contributed by atoms with Crippen molar-refractivity contribution in [3.63, 3.8) is 0 Å². The van der Waals surface area contributed by atoms with Crippen molar-refractivity contribution >= 4 is 16.3 Å². The fourth-order valence-electron chi connectivity index (χ4n) is 1.19. The van der Waals surface area contributed by atoms with Crippen LogP contribution in [-0.4, -0.2) is 38.0 Å². The van der Waals surface area contributed by atoms with E-state index in [1.54, 1.807) is 0 Å². The Bertz CT molecular complexity index is 301. The van der Waals surface area contributed by atoms with Gasteiger partial charge in [-0.3, -0.25) is 0 Å². The molecule has 0 bridgehead atoms. The van der Waals surface area contributed by atoms with Crippen LogP contribution in [0.25, 0.3) is 0 Å². The minimum Gasteiger partial charge on any atom is -0.445 e. The third kappa shape index (κ3) is 2.83. The molecule has 0 radical (unpaired) electrons. The Hall–Kier alpha value is -0.860. The summed E-state index contributed by atoms with van der Waals surface area (Å²) in [5.74, 6) is 0. The number of primary amides is 1. The molecule has 1 saturated heterocycles. The maximum atomic E-state index is 10.8. The number of carbonyl (C=O) groups is 1. The molecule has 1 aliphatic rings. The third-order valence-electron chi connectivity index (χ3n) is 1.75. The van der Waals surface area contributed by atoms with E-state index in [1.807, 2.05) is 0 Å². The summed E-state index contributed by atoms with van der Waals surface area (Å²) in [5, 5.41) is 4.86.